The maximum Gasteiger partial charge on any atom is 0.182 e. The second-order valence-electron chi connectivity index (χ2n) is 3.72. The summed E-state index contributed by atoms with van der Waals surface area (Å²) in [5, 5.41) is 3.09. The van der Waals surface area contributed by atoms with Crippen molar-refractivity contribution in [2.24, 2.45) is 0 Å². The van der Waals surface area contributed by atoms with Crippen molar-refractivity contribution < 1.29 is 13.2 Å². The Balaban J connectivity index is 2.43. The van der Waals surface area contributed by atoms with Crippen molar-refractivity contribution in [1.82, 2.24) is 0 Å². The number of fused-ring (bicyclic) bond motifs is 1. The van der Waals surface area contributed by atoms with Crippen LogP contribution in [0.15, 0.2) is 23.1 Å². The van der Waals surface area contributed by atoms with Crippen molar-refractivity contribution >= 4 is 15.5 Å². The van der Waals surface area contributed by atoms with Crippen molar-refractivity contribution in [2.45, 2.75) is 18.2 Å². The summed E-state index contributed by atoms with van der Waals surface area (Å²) in [6, 6.07) is 5.13. The van der Waals surface area contributed by atoms with Gasteiger partial charge in [0, 0.05) is 6.54 Å². The summed E-state index contributed by atoms with van der Waals surface area (Å²) in [5.41, 5.74) is 0.613. The molecule has 1 aliphatic rings. The van der Waals surface area contributed by atoms with Crippen LogP contribution in [0.4, 0.5) is 5.69 Å². The largest absolute Gasteiger partial charge is 0.491 e. The van der Waals surface area contributed by atoms with E-state index in [9.17, 15) is 8.42 Å². The number of hydrogen-bond donors (Lipinski definition) is 1. The first-order valence-corrected chi connectivity index (χ1v) is 7.03. The van der Waals surface area contributed by atoms with Crippen LogP contribution >= 0.6 is 0 Å². The molecular weight excluding hydrogens is 226 g/mol. The number of sulfone groups is 1. The van der Waals surface area contributed by atoms with Gasteiger partial charge in [0.25, 0.3) is 0 Å². The number of para-hydroxylation sites is 1. The molecule has 0 radical (unpaired) electrons. The van der Waals surface area contributed by atoms with Crippen LogP contribution in [0.25, 0.3) is 0 Å². The van der Waals surface area contributed by atoms with Crippen LogP contribution < -0.4 is 10.1 Å². The molecular formula is C11H15NO3S. The molecule has 1 aromatic carbocycles. The lowest BCUT2D eigenvalue weighted by Gasteiger charge is -2.21. The second kappa shape index (κ2) is 4.33. The second-order valence-corrected chi connectivity index (χ2v) is 5.80. The number of ether oxygens (including phenoxy) is 1. The van der Waals surface area contributed by atoms with E-state index in [1.165, 1.54) is 0 Å². The molecule has 0 spiro atoms. The van der Waals surface area contributed by atoms with Crippen LogP contribution in [0.3, 0.4) is 0 Å². The predicted octanol–water partition coefficient (Wildman–Crippen LogP) is 1.67. The fraction of sp³-hybridized carbons (Fsp3) is 0.455. The lowest BCUT2D eigenvalue weighted by Crippen LogP contribution is -2.23. The minimum atomic E-state index is -3.13. The van der Waals surface area contributed by atoms with Crippen molar-refractivity contribution in [3.8, 4) is 5.75 Å². The lowest BCUT2D eigenvalue weighted by atomic mass is 10.3. The zero-order chi connectivity index (χ0) is 11.6. The Labute approximate surface area is 95.5 Å². The van der Waals surface area contributed by atoms with Crippen LogP contribution in [-0.4, -0.2) is 27.3 Å². The van der Waals surface area contributed by atoms with Crippen LogP contribution in [0, 0.1) is 0 Å². The van der Waals surface area contributed by atoms with Gasteiger partial charge in [-0.1, -0.05) is 13.0 Å². The molecule has 0 saturated carbocycles. The van der Waals surface area contributed by atoms with E-state index in [2.05, 4.69) is 5.32 Å². The van der Waals surface area contributed by atoms with Gasteiger partial charge in [-0.15, -0.1) is 0 Å². The average molecular weight is 241 g/mol. The van der Waals surface area contributed by atoms with Crippen molar-refractivity contribution in [2.75, 3.05) is 24.2 Å². The Morgan fingerprint density at radius 1 is 1.44 bits per heavy atom. The van der Waals surface area contributed by atoms with Gasteiger partial charge in [-0.2, -0.15) is 0 Å². The number of benzene rings is 1. The molecule has 1 aromatic rings. The molecule has 0 fully saturated rings. The molecule has 0 atom stereocenters. The molecule has 0 bridgehead atoms. The topological polar surface area (TPSA) is 55.4 Å². The molecule has 1 aliphatic heterocycles. The molecule has 1 N–H and O–H groups in total. The number of hydrogen-bond acceptors (Lipinski definition) is 4. The summed E-state index contributed by atoms with van der Waals surface area (Å²) in [6.45, 7) is 3.06. The summed E-state index contributed by atoms with van der Waals surface area (Å²) in [7, 11) is -3.13. The highest BCUT2D eigenvalue weighted by molar-refractivity contribution is 7.91. The molecule has 1 heterocycles. The maximum absolute atomic E-state index is 11.8. The molecule has 0 aromatic heterocycles. The van der Waals surface area contributed by atoms with E-state index in [4.69, 9.17) is 4.74 Å². The average Bonchev–Trinajstić information content (AvgIpc) is 2.26. The SMILES string of the molecule is CCCOc1cccc2c1NCCS2(=O)=O. The summed E-state index contributed by atoms with van der Waals surface area (Å²) in [5.74, 6) is 0.777. The fourth-order valence-electron chi connectivity index (χ4n) is 1.70. The van der Waals surface area contributed by atoms with Crippen molar-refractivity contribution in [3.63, 3.8) is 0 Å². The highest BCUT2D eigenvalue weighted by Crippen LogP contribution is 2.34. The van der Waals surface area contributed by atoms with Crippen LogP contribution in [0.2, 0.25) is 0 Å². The van der Waals surface area contributed by atoms with Gasteiger partial charge >= 0.3 is 0 Å². The van der Waals surface area contributed by atoms with Crippen LogP contribution in [-0.2, 0) is 9.84 Å². The van der Waals surface area contributed by atoms with Gasteiger partial charge in [-0.25, -0.2) is 8.42 Å². The highest BCUT2D eigenvalue weighted by Gasteiger charge is 2.25. The third-order valence-electron chi connectivity index (χ3n) is 2.46. The van der Waals surface area contributed by atoms with Gasteiger partial charge in [0.05, 0.1) is 22.9 Å². The molecule has 16 heavy (non-hydrogen) atoms. The number of nitrogens with one attached hydrogen (secondary N) is 1. The Bertz CT molecular complexity index is 482. The molecule has 0 amide bonds. The van der Waals surface area contributed by atoms with Gasteiger partial charge in [-0.3, -0.25) is 0 Å². The fourth-order valence-corrected chi connectivity index (χ4v) is 3.06. The van der Waals surface area contributed by atoms with Gasteiger partial charge in [0.2, 0.25) is 0 Å². The van der Waals surface area contributed by atoms with Gasteiger partial charge in [0.15, 0.2) is 9.84 Å². The van der Waals surface area contributed by atoms with Gasteiger partial charge in [0.1, 0.15) is 5.75 Å². The van der Waals surface area contributed by atoms with E-state index in [0.717, 1.165) is 6.42 Å². The Kier molecular flexibility index (Phi) is 3.05. The minimum absolute atomic E-state index is 0.150. The molecule has 0 unspecified atom stereocenters. The van der Waals surface area contributed by atoms with Crippen molar-refractivity contribution in [1.29, 1.82) is 0 Å². The number of rotatable bonds is 3. The lowest BCUT2D eigenvalue weighted by molar-refractivity contribution is 0.318. The zero-order valence-electron chi connectivity index (χ0n) is 9.19. The van der Waals surface area contributed by atoms with Gasteiger partial charge in [-0.05, 0) is 18.6 Å². The molecule has 0 aliphatic carbocycles. The van der Waals surface area contributed by atoms with Crippen molar-refractivity contribution in [3.05, 3.63) is 18.2 Å². The first-order chi connectivity index (χ1) is 7.65. The van der Waals surface area contributed by atoms with E-state index >= 15 is 0 Å². The third-order valence-corrected chi connectivity index (χ3v) is 4.21. The summed E-state index contributed by atoms with van der Waals surface area (Å²) in [4.78, 5) is 0.354. The smallest absolute Gasteiger partial charge is 0.182 e. The highest BCUT2D eigenvalue weighted by atomic mass is 32.2. The molecule has 4 nitrogen and oxygen atoms in total. The van der Waals surface area contributed by atoms with Gasteiger partial charge < -0.3 is 10.1 Å². The first kappa shape index (κ1) is 11.3. The molecule has 0 saturated heterocycles. The third kappa shape index (κ3) is 2.00. The standard InChI is InChI=1S/C11H15NO3S/c1-2-7-15-9-4-3-5-10-11(9)12-6-8-16(10,13)14/h3-5,12H,2,6-8H2,1H3. The Morgan fingerprint density at radius 3 is 3.00 bits per heavy atom. The molecule has 5 heteroatoms. The maximum atomic E-state index is 11.8. The predicted molar refractivity (Wildman–Crippen MR) is 62.8 cm³/mol. The van der Waals surface area contributed by atoms with Crippen LogP contribution in [0.5, 0.6) is 5.75 Å². The monoisotopic (exact) mass is 241 g/mol. The van der Waals surface area contributed by atoms with E-state index in [0.29, 0.717) is 29.5 Å². The minimum Gasteiger partial charge on any atom is -0.491 e. The molecule has 88 valence electrons. The summed E-state index contributed by atoms with van der Waals surface area (Å²) in [6.07, 6.45) is 0.899. The molecule has 2 rings (SSSR count). The quantitative estimate of drug-likeness (QED) is 0.874. The normalized spacial score (nSPS) is 17.3. The summed E-state index contributed by atoms with van der Waals surface area (Å²) >= 11 is 0. The van der Waals surface area contributed by atoms with Crippen LogP contribution in [0.1, 0.15) is 13.3 Å². The van der Waals surface area contributed by atoms with E-state index in [1.807, 2.05) is 6.92 Å². The number of anilines is 1. The Morgan fingerprint density at radius 2 is 2.25 bits per heavy atom. The van der Waals surface area contributed by atoms with E-state index < -0.39 is 9.84 Å². The Hall–Kier alpha value is -1.23. The summed E-state index contributed by atoms with van der Waals surface area (Å²) < 4.78 is 29.1. The van der Waals surface area contributed by atoms with E-state index in [1.54, 1.807) is 18.2 Å². The first-order valence-electron chi connectivity index (χ1n) is 5.37. The zero-order valence-corrected chi connectivity index (χ0v) is 10.0. The van der Waals surface area contributed by atoms with E-state index in [-0.39, 0.29) is 5.75 Å².